The molecule has 0 aliphatic heterocycles. The standard InChI is InChI=1S/C15H26O2.C8H18.CH5N/c1-11-5-13-6-12(2)8-15(7-11,9-13)14(3,4)17-10-16;1-7(2)6-8(3,4)5;1-2/h10-13H,5-9H2,1-4H3;7H,6H2,1-5H3;2H2,1H3. The molecule has 2 unspecified atom stereocenters. The molecule has 3 nitrogen and oxygen atoms in total. The van der Waals surface area contributed by atoms with E-state index in [1.807, 2.05) is 0 Å². The van der Waals surface area contributed by atoms with Gasteiger partial charge in [0.2, 0.25) is 0 Å². The minimum atomic E-state index is -0.309. The molecule has 3 heteroatoms. The van der Waals surface area contributed by atoms with Gasteiger partial charge in [-0.25, -0.2) is 0 Å². The van der Waals surface area contributed by atoms with Gasteiger partial charge in [0, 0.05) is 5.41 Å². The fourth-order valence-electron chi connectivity index (χ4n) is 5.91. The van der Waals surface area contributed by atoms with Gasteiger partial charge in [0.25, 0.3) is 6.47 Å². The summed E-state index contributed by atoms with van der Waals surface area (Å²) in [5.41, 5.74) is 4.93. The monoisotopic (exact) mass is 383 g/mol. The van der Waals surface area contributed by atoms with Crippen LogP contribution in [0.5, 0.6) is 0 Å². The normalized spacial score (nSPS) is 30.4. The zero-order valence-corrected chi connectivity index (χ0v) is 20.0. The quantitative estimate of drug-likeness (QED) is 0.568. The van der Waals surface area contributed by atoms with Crippen molar-refractivity contribution in [2.45, 2.75) is 106 Å². The first kappa shape index (κ1) is 26.4. The molecule has 0 amide bonds. The first-order valence-corrected chi connectivity index (χ1v) is 11.0. The Kier molecular flexibility index (Phi) is 10.6. The molecule has 27 heavy (non-hydrogen) atoms. The SMILES string of the molecule is CC(C)CC(C)(C)C.CC1CC2CC(C)CC(C(C)(C)OC=O)(C1)C2.CN. The predicted octanol–water partition coefficient (Wildman–Crippen LogP) is 6.44. The number of rotatable bonds is 4. The van der Waals surface area contributed by atoms with Crippen molar-refractivity contribution in [2.24, 2.45) is 40.2 Å². The van der Waals surface area contributed by atoms with Crippen molar-refractivity contribution in [1.82, 2.24) is 0 Å². The second kappa shape index (κ2) is 10.8. The van der Waals surface area contributed by atoms with E-state index in [9.17, 15) is 4.79 Å². The van der Waals surface area contributed by atoms with Crippen LogP contribution in [-0.4, -0.2) is 19.1 Å². The number of fused-ring (bicyclic) bond motifs is 2. The lowest BCUT2D eigenvalue weighted by molar-refractivity contribution is -0.173. The van der Waals surface area contributed by atoms with Crippen LogP contribution in [0.2, 0.25) is 0 Å². The molecule has 0 aromatic heterocycles. The third kappa shape index (κ3) is 8.54. The maximum atomic E-state index is 10.8. The second-order valence-corrected chi connectivity index (χ2v) is 11.3. The summed E-state index contributed by atoms with van der Waals surface area (Å²) in [5.74, 6) is 3.23. The van der Waals surface area contributed by atoms with Crippen LogP contribution in [0.1, 0.15) is 101 Å². The van der Waals surface area contributed by atoms with Gasteiger partial charge in [0.05, 0.1) is 0 Å². The van der Waals surface area contributed by atoms with E-state index in [0.717, 1.165) is 23.7 Å². The summed E-state index contributed by atoms with van der Waals surface area (Å²) >= 11 is 0. The van der Waals surface area contributed by atoms with E-state index in [-0.39, 0.29) is 11.0 Å². The minimum Gasteiger partial charge on any atom is -0.461 e. The highest BCUT2D eigenvalue weighted by atomic mass is 16.5. The van der Waals surface area contributed by atoms with Crippen molar-refractivity contribution in [2.75, 3.05) is 7.05 Å². The van der Waals surface area contributed by atoms with Crippen LogP contribution in [-0.2, 0) is 9.53 Å². The molecule has 2 atom stereocenters. The molecule has 2 fully saturated rings. The summed E-state index contributed by atoms with van der Waals surface area (Å²) in [7, 11) is 1.50. The molecule has 2 aliphatic carbocycles. The molecular weight excluding hydrogens is 334 g/mol. The summed E-state index contributed by atoms with van der Waals surface area (Å²) < 4.78 is 5.46. The topological polar surface area (TPSA) is 52.3 Å². The summed E-state index contributed by atoms with van der Waals surface area (Å²) in [6, 6.07) is 0. The van der Waals surface area contributed by atoms with Gasteiger partial charge in [0.15, 0.2) is 0 Å². The average molecular weight is 384 g/mol. The fourth-order valence-corrected chi connectivity index (χ4v) is 5.91. The van der Waals surface area contributed by atoms with Crippen LogP contribution in [0.15, 0.2) is 0 Å². The van der Waals surface area contributed by atoms with Crippen molar-refractivity contribution in [3.63, 3.8) is 0 Å². The molecule has 2 N–H and O–H groups in total. The number of ether oxygens (including phenoxy) is 1. The van der Waals surface area contributed by atoms with E-state index in [4.69, 9.17) is 4.74 Å². The number of carbonyl (C=O) groups excluding carboxylic acids is 1. The Hall–Kier alpha value is -0.570. The number of nitrogens with two attached hydrogens (primary N) is 1. The fraction of sp³-hybridized carbons (Fsp3) is 0.958. The summed E-state index contributed by atoms with van der Waals surface area (Å²) in [5, 5.41) is 0. The van der Waals surface area contributed by atoms with Crippen LogP contribution >= 0.6 is 0 Å². The van der Waals surface area contributed by atoms with Crippen LogP contribution < -0.4 is 5.73 Å². The van der Waals surface area contributed by atoms with Crippen molar-refractivity contribution in [1.29, 1.82) is 0 Å². The summed E-state index contributed by atoms with van der Waals surface area (Å²) in [6.07, 6.45) is 7.74. The lowest BCUT2D eigenvalue weighted by Crippen LogP contribution is -2.53. The highest BCUT2D eigenvalue weighted by molar-refractivity contribution is 5.38. The van der Waals surface area contributed by atoms with Crippen molar-refractivity contribution >= 4 is 6.47 Å². The van der Waals surface area contributed by atoms with Crippen molar-refractivity contribution < 1.29 is 9.53 Å². The Balaban J connectivity index is 0.000000574. The smallest absolute Gasteiger partial charge is 0.293 e. The van der Waals surface area contributed by atoms with Gasteiger partial charge in [-0.15, -0.1) is 0 Å². The van der Waals surface area contributed by atoms with Gasteiger partial charge in [-0.3, -0.25) is 4.79 Å². The molecule has 2 bridgehead atoms. The van der Waals surface area contributed by atoms with Crippen LogP contribution in [0, 0.1) is 34.5 Å². The predicted molar refractivity (Wildman–Crippen MR) is 118 cm³/mol. The summed E-state index contributed by atoms with van der Waals surface area (Å²) in [6.45, 7) is 21.0. The van der Waals surface area contributed by atoms with Gasteiger partial charge in [-0.2, -0.15) is 0 Å². The molecular formula is C24H49NO2. The van der Waals surface area contributed by atoms with Crippen molar-refractivity contribution in [3.05, 3.63) is 0 Å². The number of hydrogen-bond acceptors (Lipinski definition) is 3. The first-order valence-electron chi connectivity index (χ1n) is 11.0. The molecule has 2 aliphatic rings. The molecule has 0 aromatic rings. The average Bonchev–Trinajstić information content (AvgIpc) is 2.45. The zero-order chi connectivity index (χ0) is 21.5. The van der Waals surface area contributed by atoms with Gasteiger partial charge in [0.1, 0.15) is 5.60 Å². The van der Waals surface area contributed by atoms with Crippen LogP contribution in [0.4, 0.5) is 0 Å². The Bertz CT molecular complexity index is 403. The molecule has 0 aromatic carbocycles. The lowest BCUT2D eigenvalue weighted by atomic mass is 9.51. The zero-order valence-electron chi connectivity index (χ0n) is 20.0. The van der Waals surface area contributed by atoms with Crippen molar-refractivity contribution in [3.8, 4) is 0 Å². The lowest BCUT2D eigenvalue weighted by Gasteiger charge is -2.56. The molecule has 2 rings (SSSR count). The minimum absolute atomic E-state index is 0.216. The molecule has 0 spiro atoms. The van der Waals surface area contributed by atoms with Crippen LogP contribution in [0.25, 0.3) is 0 Å². The molecule has 0 heterocycles. The summed E-state index contributed by atoms with van der Waals surface area (Å²) in [4.78, 5) is 10.8. The van der Waals surface area contributed by atoms with E-state index in [0.29, 0.717) is 11.9 Å². The Morgan fingerprint density at radius 3 is 1.74 bits per heavy atom. The third-order valence-electron chi connectivity index (χ3n) is 6.27. The maximum absolute atomic E-state index is 10.8. The Morgan fingerprint density at radius 1 is 1.00 bits per heavy atom. The van der Waals surface area contributed by atoms with E-state index in [1.165, 1.54) is 45.6 Å². The Labute approximate surface area is 170 Å². The first-order chi connectivity index (χ1) is 12.3. The molecule has 0 radical (unpaired) electrons. The largest absolute Gasteiger partial charge is 0.461 e. The second-order valence-electron chi connectivity index (χ2n) is 11.3. The van der Waals surface area contributed by atoms with Crippen LogP contribution in [0.3, 0.4) is 0 Å². The molecule has 2 saturated carbocycles. The highest BCUT2D eigenvalue weighted by Crippen LogP contribution is 2.58. The molecule has 162 valence electrons. The maximum Gasteiger partial charge on any atom is 0.293 e. The van der Waals surface area contributed by atoms with E-state index in [1.54, 1.807) is 0 Å². The van der Waals surface area contributed by atoms with Gasteiger partial charge in [-0.05, 0) is 88.5 Å². The van der Waals surface area contributed by atoms with Gasteiger partial charge >= 0.3 is 0 Å². The number of carbonyl (C=O) groups is 1. The highest BCUT2D eigenvalue weighted by Gasteiger charge is 2.53. The Morgan fingerprint density at radius 2 is 1.44 bits per heavy atom. The van der Waals surface area contributed by atoms with Gasteiger partial charge in [-0.1, -0.05) is 48.5 Å². The molecule has 0 saturated heterocycles. The van der Waals surface area contributed by atoms with Gasteiger partial charge < -0.3 is 10.5 Å². The van der Waals surface area contributed by atoms with E-state index < -0.39 is 0 Å². The number of hydrogen-bond donors (Lipinski definition) is 1. The van der Waals surface area contributed by atoms with E-state index in [2.05, 4.69) is 68.0 Å². The van der Waals surface area contributed by atoms with E-state index >= 15 is 0 Å². The third-order valence-corrected chi connectivity index (χ3v) is 6.27.